The SMILES string of the molecule is O=C([O-])CC(CO)C(=O)N1CCc2[nH]c3ccccc3c2CC1.[K+]. The zero-order valence-corrected chi connectivity index (χ0v) is 16.9. The molecule has 0 fully saturated rings. The number of rotatable bonds is 4. The molecular weight excluding hydrogens is 335 g/mol. The summed E-state index contributed by atoms with van der Waals surface area (Å²) in [4.78, 5) is 28.2. The third-order valence-corrected chi connectivity index (χ3v) is 4.46. The molecule has 0 saturated carbocycles. The number of benzene rings is 1. The van der Waals surface area contributed by atoms with E-state index < -0.39 is 24.9 Å². The van der Waals surface area contributed by atoms with E-state index in [-0.39, 0.29) is 57.3 Å². The average Bonchev–Trinajstić information content (AvgIpc) is 2.76. The normalized spacial score (nSPS) is 15.3. The van der Waals surface area contributed by atoms with E-state index in [9.17, 15) is 19.8 Å². The largest absolute Gasteiger partial charge is 1.00 e. The Bertz CT molecular complexity index is 743. The number of aliphatic carboxylic acids is 1. The Kier molecular flexibility index (Phi) is 7.03. The van der Waals surface area contributed by atoms with Crippen LogP contribution < -0.4 is 56.5 Å². The number of carbonyl (C=O) groups is 2. The molecule has 1 atom stereocenters. The number of aliphatic hydroxyl groups is 1. The van der Waals surface area contributed by atoms with E-state index in [0.29, 0.717) is 25.9 Å². The van der Waals surface area contributed by atoms with Gasteiger partial charge in [0.05, 0.1) is 12.5 Å². The Balaban J connectivity index is 0.00000208. The van der Waals surface area contributed by atoms with Crippen LogP contribution in [-0.2, 0) is 22.4 Å². The summed E-state index contributed by atoms with van der Waals surface area (Å²) in [5, 5.41) is 21.2. The second-order valence-electron chi connectivity index (χ2n) is 5.91. The first kappa shape index (κ1) is 19.6. The second-order valence-corrected chi connectivity index (χ2v) is 5.91. The molecule has 1 unspecified atom stereocenters. The Morgan fingerprint density at radius 3 is 2.67 bits per heavy atom. The quantitative estimate of drug-likeness (QED) is 0.567. The van der Waals surface area contributed by atoms with Crippen molar-refractivity contribution >= 4 is 22.8 Å². The molecule has 2 aromatic rings. The molecule has 122 valence electrons. The van der Waals surface area contributed by atoms with Gasteiger partial charge in [0.15, 0.2) is 0 Å². The predicted molar refractivity (Wildman–Crippen MR) is 82.5 cm³/mol. The number of carboxylic acid groups (broad SMARTS) is 1. The summed E-state index contributed by atoms with van der Waals surface area (Å²) < 4.78 is 0. The zero-order valence-electron chi connectivity index (χ0n) is 13.7. The van der Waals surface area contributed by atoms with Crippen molar-refractivity contribution in [3.05, 3.63) is 35.5 Å². The van der Waals surface area contributed by atoms with Gasteiger partial charge < -0.3 is 24.9 Å². The van der Waals surface area contributed by atoms with Crippen LogP contribution in [0, 0.1) is 5.92 Å². The maximum absolute atomic E-state index is 12.4. The van der Waals surface area contributed by atoms with Crippen molar-refractivity contribution in [1.29, 1.82) is 0 Å². The fraction of sp³-hybridized carbons (Fsp3) is 0.412. The van der Waals surface area contributed by atoms with Crippen LogP contribution in [0.5, 0.6) is 0 Å². The Labute approximate surface area is 182 Å². The van der Waals surface area contributed by atoms with Crippen LogP contribution in [0.25, 0.3) is 10.9 Å². The third kappa shape index (κ3) is 4.09. The number of aliphatic hydroxyl groups excluding tert-OH is 1. The molecule has 2 heterocycles. The van der Waals surface area contributed by atoms with E-state index in [1.54, 1.807) is 4.90 Å². The number of hydrogen-bond acceptors (Lipinski definition) is 4. The van der Waals surface area contributed by atoms with Crippen LogP contribution in [0.15, 0.2) is 24.3 Å². The van der Waals surface area contributed by atoms with Crippen LogP contribution in [0.3, 0.4) is 0 Å². The fourth-order valence-corrected chi connectivity index (χ4v) is 3.27. The second kappa shape index (κ2) is 8.60. The minimum Gasteiger partial charge on any atom is -0.550 e. The molecule has 0 saturated heterocycles. The van der Waals surface area contributed by atoms with Crippen LogP contribution in [0.2, 0.25) is 0 Å². The Morgan fingerprint density at radius 1 is 1.25 bits per heavy atom. The number of aromatic amines is 1. The summed E-state index contributed by atoms with van der Waals surface area (Å²) >= 11 is 0. The molecule has 0 bridgehead atoms. The summed E-state index contributed by atoms with van der Waals surface area (Å²) in [6.45, 7) is 0.566. The standard InChI is InChI=1S/C17H20N2O4.K/c20-10-11(9-16(21)22)17(23)19-7-5-13-12-3-1-2-4-14(12)18-15(13)6-8-19;/h1-4,11,18,20H,5-10H2,(H,21,22);/q;+1/p-1. The molecule has 1 aliphatic heterocycles. The molecule has 7 heteroatoms. The van der Waals surface area contributed by atoms with Gasteiger partial charge in [0.1, 0.15) is 0 Å². The number of aromatic nitrogens is 1. The number of nitrogens with one attached hydrogen (secondary N) is 1. The van der Waals surface area contributed by atoms with E-state index in [2.05, 4.69) is 11.1 Å². The van der Waals surface area contributed by atoms with Gasteiger partial charge in [0, 0.05) is 48.5 Å². The third-order valence-electron chi connectivity index (χ3n) is 4.46. The van der Waals surface area contributed by atoms with Crippen LogP contribution >= 0.6 is 0 Å². The van der Waals surface area contributed by atoms with Gasteiger partial charge in [0.25, 0.3) is 0 Å². The van der Waals surface area contributed by atoms with Crippen molar-refractivity contribution in [2.24, 2.45) is 5.92 Å². The van der Waals surface area contributed by atoms with E-state index in [1.165, 1.54) is 10.9 Å². The first-order valence-corrected chi connectivity index (χ1v) is 7.78. The number of carboxylic acids is 1. The van der Waals surface area contributed by atoms with E-state index in [4.69, 9.17) is 0 Å². The summed E-state index contributed by atoms with van der Waals surface area (Å²) in [7, 11) is 0. The van der Waals surface area contributed by atoms with Crippen LogP contribution in [0.1, 0.15) is 17.7 Å². The molecule has 1 aromatic carbocycles. The first-order chi connectivity index (χ1) is 11.1. The van der Waals surface area contributed by atoms with E-state index in [1.807, 2.05) is 18.2 Å². The van der Waals surface area contributed by atoms with Crippen LogP contribution in [-0.4, -0.2) is 46.6 Å². The van der Waals surface area contributed by atoms with Gasteiger partial charge in [0.2, 0.25) is 5.91 Å². The van der Waals surface area contributed by atoms with Gasteiger partial charge in [-0.25, -0.2) is 0 Å². The number of fused-ring (bicyclic) bond motifs is 3. The molecule has 0 aliphatic carbocycles. The van der Waals surface area contributed by atoms with Crippen molar-refractivity contribution in [1.82, 2.24) is 9.88 Å². The van der Waals surface area contributed by atoms with Gasteiger partial charge in [-0.05, 0) is 18.1 Å². The monoisotopic (exact) mass is 354 g/mol. The van der Waals surface area contributed by atoms with E-state index >= 15 is 0 Å². The number of carbonyl (C=O) groups excluding carboxylic acids is 2. The van der Waals surface area contributed by atoms with Gasteiger partial charge >= 0.3 is 51.4 Å². The number of para-hydroxylation sites is 1. The summed E-state index contributed by atoms with van der Waals surface area (Å²) in [6, 6.07) is 8.08. The smallest absolute Gasteiger partial charge is 0.550 e. The fourth-order valence-electron chi connectivity index (χ4n) is 3.27. The van der Waals surface area contributed by atoms with Gasteiger partial charge in [-0.2, -0.15) is 0 Å². The van der Waals surface area contributed by atoms with Gasteiger partial charge in [-0.3, -0.25) is 4.79 Å². The number of amides is 1. The molecule has 1 aromatic heterocycles. The molecule has 24 heavy (non-hydrogen) atoms. The van der Waals surface area contributed by atoms with Gasteiger partial charge in [-0.1, -0.05) is 18.2 Å². The van der Waals surface area contributed by atoms with Gasteiger partial charge in [-0.15, -0.1) is 0 Å². The molecule has 0 radical (unpaired) electrons. The molecule has 3 rings (SSSR count). The molecular formula is C17H19KN2O4. The molecule has 1 amide bonds. The summed E-state index contributed by atoms with van der Waals surface area (Å²) in [5.74, 6) is -2.55. The maximum atomic E-state index is 12.4. The molecule has 1 aliphatic rings. The van der Waals surface area contributed by atoms with Crippen molar-refractivity contribution in [2.45, 2.75) is 19.3 Å². The van der Waals surface area contributed by atoms with Crippen molar-refractivity contribution in [3.8, 4) is 0 Å². The van der Waals surface area contributed by atoms with Crippen molar-refractivity contribution in [2.75, 3.05) is 19.7 Å². The maximum Gasteiger partial charge on any atom is 1.00 e. The van der Waals surface area contributed by atoms with E-state index in [0.717, 1.165) is 11.2 Å². The van der Waals surface area contributed by atoms with Crippen LogP contribution in [0.4, 0.5) is 0 Å². The topological polar surface area (TPSA) is 96.5 Å². The average molecular weight is 354 g/mol. The molecule has 2 N–H and O–H groups in total. The van der Waals surface area contributed by atoms with Crippen molar-refractivity contribution < 1.29 is 71.2 Å². The van der Waals surface area contributed by atoms with Crippen molar-refractivity contribution in [3.63, 3.8) is 0 Å². The zero-order chi connectivity index (χ0) is 16.4. The summed E-state index contributed by atoms with van der Waals surface area (Å²) in [6.07, 6.45) is 0.966. The minimum atomic E-state index is -1.32. The summed E-state index contributed by atoms with van der Waals surface area (Å²) in [5.41, 5.74) is 3.45. The number of H-pyrrole nitrogens is 1. The Morgan fingerprint density at radius 2 is 1.96 bits per heavy atom. The minimum absolute atomic E-state index is 0. The molecule has 6 nitrogen and oxygen atoms in total. The first-order valence-electron chi connectivity index (χ1n) is 7.78. The predicted octanol–water partition coefficient (Wildman–Crippen LogP) is -3.15. The number of hydrogen-bond donors (Lipinski definition) is 2. The Hall–Kier alpha value is -0.704. The molecule has 0 spiro atoms. The number of nitrogens with zero attached hydrogens (tertiary/aromatic N) is 1.